The van der Waals surface area contributed by atoms with Crippen molar-refractivity contribution in [2.45, 2.75) is 44.5 Å². The topological polar surface area (TPSA) is 89.4 Å². The number of esters is 1. The van der Waals surface area contributed by atoms with E-state index in [0.717, 1.165) is 4.57 Å². The SMILES string of the molecule is O=C(C1CCNC(OC(=O)C(F)(F)F)C1)N1CCn2c(nnc2C(F)(F)F)C1. The van der Waals surface area contributed by atoms with Crippen molar-refractivity contribution in [3.8, 4) is 0 Å². The largest absolute Gasteiger partial charge is 0.490 e. The monoisotopic (exact) mass is 415 g/mol. The minimum Gasteiger partial charge on any atom is -0.440 e. The van der Waals surface area contributed by atoms with Crippen molar-refractivity contribution in [3.63, 3.8) is 0 Å². The van der Waals surface area contributed by atoms with Crippen molar-refractivity contribution in [3.05, 3.63) is 11.6 Å². The summed E-state index contributed by atoms with van der Waals surface area (Å²) in [5.41, 5.74) is 0. The normalized spacial score (nSPS) is 23.3. The van der Waals surface area contributed by atoms with Crippen LogP contribution in [0.15, 0.2) is 0 Å². The Morgan fingerprint density at radius 3 is 2.46 bits per heavy atom. The number of halogens is 6. The van der Waals surface area contributed by atoms with Gasteiger partial charge < -0.3 is 14.2 Å². The fraction of sp³-hybridized carbons (Fsp3) is 0.714. The molecule has 2 atom stereocenters. The Kier molecular flexibility index (Phi) is 5.25. The van der Waals surface area contributed by atoms with E-state index in [0.29, 0.717) is 0 Å². The van der Waals surface area contributed by atoms with Crippen molar-refractivity contribution < 1.29 is 40.7 Å². The lowest BCUT2D eigenvalue weighted by Gasteiger charge is -2.34. The van der Waals surface area contributed by atoms with Crippen LogP contribution in [0.4, 0.5) is 26.3 Å². The second-order valence-corrected chi connectivity index (χ2v) is 6.42. The molecule has 14 heteroatoms. The highest BCUT2D eigenvalue weighted by atomic mass is 19.4. The molecule has 2 aliphatic heterocycles. The maximum atomic E-state index is 12.9. The number of hydrogen-bond acceptors (Lipinski definition) is 6. The molecule has 3 heterocycles. The van der Waals surface area contributed by atoms with Gasteiger partial charge in [-0.2, -0.15) is 26.3 Å². The summed E-state index contributed by atoms with van der Waals surface area (Å²) in [6, 6.07) is 0. The van der Waals surface area contributed by atoms with Crippen molar-refractivity contribution in [2.24, 2.45) is 5.92 Å². The molecule has 1 N–H and O–H groups in total. The van der Waals surface area contributed by atoms with Gasteiger partial charge in [-0.25, -0.2) is 4.79 Å². The number of amides is 1. The number of aromatic nitrogens is 3. The van der Waals surface area contributed by atoms with Gasteiger partial charge in [-0.05, 0) is 13.0 Å². The van der Waals surface area contributed by atoms with Crippen LogP contribution in [0.2, 0.25) is 0 Å². The fourth-order valence-corrected chi connectivity index (χ4v) is 3.20. The molecule has 8 nitrogen and oxygen atoms in total. The number of piperidine rings is 1. The van der Waals surface area contributed by atoms with Crippen LogP contribution in [0, 0.1) is 5.92 Å². The molecule has 0 bridgehead atoms. The predicted molar refractivity (Wildman–Crippen MR) is 77.1 cm³/mol. The van der Waals surface area contributed by atoms with Crippen LogP contribution in [0.3, 0.4) is 0 Å². The van der Waals surface area contributed by atoms with Gasteiger partial charge in [0.15, 0.2) is 12.1 Å². The van der Waals surface area contributed by atoms with E-state index in [2.05, 4.69) is 20.3 Å². The van der Waals surface area contributed by atoms with Gasteiger partial charge in [0, 0.05) is 25.4 Å². The van der Waals surface area contributed by atoms with Crippen LogP contribution in [0.1, 0.15) is 24.5 Å². The lowest BCUT2D eigenvalue weighted by atomic mass is 9.95. The number of ether oxygens (including phenoxy) is 1. The molecule has 1 amide bonds. The number of alkyl halides is 6. The number of hydrogen-bond donors (Lipinski definition) is 1. The fourth-order valence-electron chi connectivity index (χ4n) is 3.20. The van der Waals surface area contributed by atoms with E-state index in [1.165, 1.54) is 4.90 Å². The highest BCUT2D eigenvalue weighted by Crippen LogP contribution is 2.30. The average molecular weight is 415 g/mol. The molecule has 0 aromatic carbocycles. The molecule has 156 valence electrons. The van der Waals surface area contributed by atoms with Crippen molar-refractivity contribution in [1.29, 1.82) is 0 Å². The summed E-state index contributed by atoms with van der Waals surface area (Å²) < 4.78 is 80.7. The van der Waals surface area contributed by atoms with Crippen molar-refractivity contribution >= 4 is 11.9 Å². The second kappa shape index (κ2) is 7.22. The standard InChI is InChI=1S/C14H15F6N5O3/c15-13(16,17)11-23-22-8-6-24(3-4-25(8)11)10(26)7-1-2-21-9(5-7)28-12(27)14(18,19)20/h7,9,21H,1-6H2. The molecular weight excluding hydrogens is 400 g/mol. The summed E-state index contributed by atoms with van der Waals surface area (Å²) in [5.74, 6) is -4.71. The third kappa shape index (κ3) is 4.20. The van der Waals surface area contributed by atoms with Gasteiger partial charge >= 0.3 is 18.3 Å². The molecule has 1 aromatic rings. The minimum absolute atomic E-state index is 0.0239. The molecule has 2 unspecified atom stereocenters. The van der Waals surface area contributed by atoms with Gasteiger partial charge in [-0.15, -0.1) is 10.2 Å². The van der Waals surface area contributed by atoms with Gasteiger partial charge in [0.1, 0.15) is 0 Å². The second-order valence-electron chi connectivity index (χ2n) is 6.42. The Morgan fingerprint density at radius 1 is 1.11 bits per heavy atom. The van der Waals surface area contributed by atoms with E-state index < -0.39 is 42.2 Å². The molecule has 0 radical (unpaired) electrons. The number of carbonyl (C=O) groups excluding carboxylic acids is 2. The lowest BCUT2D eigenvalue weighted by Crippen LogP contribution is -2.49. The van der Waals surface area contributed by atoms with Crippen LogP contribution >= 0.6 is 0 Å². The zero-order valence-corrected chi connectivity index (χ0v) is 14.2. The third-order valence-corrected chi connectivity index (χ3v) is 4.51. The molecule has 3 rings (SSSR count). The van der Waals surface area contributed by atoms with Gasteiger partial charge in [-0.1, -0.05) is 0 Å². The molecule has 28 heavy (non-hydrogen) atoms. The highest BCUT2D eigenvalue weighted by molar-refractivity contribution is 5.79. The minimum atomic E-state index is -5.15. The Morgan fingerprint density at radius 2 is 1.82 bits per heavy atom. The predicted octanol–water partition coefficient (Wildman–Crippen LogP) is 1.07. The van der Waals surface area contributed by atoms with Crippen LogP contribution < -0.4 is 5.32 Å². The summed E-state index contributed by atoms with van der Waals surface area (Å²) in [4.78, 5) is 24.9. The number of nitrogens with one attached hydrogen (secondary N) is 1. The Labute approximate surface area is 153 Å². The van der Waals surface area contributed by atoms with E-state index in [9.17, 15) is 35.9 Å². The molecular formula is C14H15F6N5O3. The van der Waals surface area contributed by atoms with E-state index in [-0.39, 0.29) is 44.8 Å². The van der Waals surface area contributed by atoms with Crippen LogP contribution in [-0.2, 0) is 33.6 Å². The van der Waals surface area contributed by atoms with Gasteiger partial charge in [0.05, 0.1) is 6.54 Å². The number of carbonyl (C=O) groups is 2. The molecule has 0 aliphatic carbocycles. The summed E-state index contributed by atoms with van der Waals surface area (Å²) in [6.45, 7) is -0.225. The van der Waals surface area contributed by atoms with E-state index >= 15 is 0 Å². The van der Waals surface area contributed by atoms with Crippen LogP contribution in [0.5, 0.6) is 0 Å². The molecule has 0 spiro atoms. The summed E-state index contributed by atoms with van der Waals surface area (Å²) in [5, 5.41) is 9.17. The quantitative estimate of drug-likeness (QED) is 0.574. The zero-order valence-electron chi connectivity index (χ0n) is 14.2. The number of fused-ring (bicyclic) bond motifs is 1. The van der Waals surface area contributed by atoms with E-state index in [1.807, 2.05) is 0 Å². The lowest BCUT2D eigenvalue weighted by molar-refractivity contribution is -0.208. The number of nitrogens with zero attached hydrogens (tertiary/aromatic N) is 4. The van der Waals surface area contributed by atoms with Crippen molar-refractivity contribution in [2.75, 3.05) is 13.1 Å². The molecule has 0 saturated carbocycles. The van der Waals surface area contributed by atoms with Crippen LogP contribution in [0.25, 0.3) is 0 Å². The molecule has 1 aromatic heterocycles. The average Bonchev–Trinajstić information content (AvgIpc) is 3.04. The Bertz CT molecular complexity index is 762. The van der Waals surface area contributed by atoms with Crippen molar-refractivity contribution in [1.82, 2.24) is 25.0 Å². The summed E-state index contributed by atoms with van der Waals surface area (Å²) >= 11 is 0. The van der Waals surface area contributed by atoms with Gasteiger partial charge in [0.25, 0.3) is 0 Å². The number of rotatable bonds is 2. The van der Waals surface area contributed by atoms with E-state index in [1.54, 1.807) is 0 Å². The summed E-state index contributed by atoms with van der Waals surface area (Å²) in [6.07, 6.45) is -11.0. The first-order valence-corrected chi connectivity index (χ1v) is 8.26. The third-order valence-electron chi connectivity index (χ3n) is 4.51. The molecule has 2 aliphatic rings. The Hall–Kier alpha value is -2.38. The zero-order chi connectivity index (χ0) is 20.7. The first kappa shape index (κ1) is 20.4. The highest BCUT2D eigenvalue weighted by Gasteiger charge is 2.44. The molecule has 1 fully saturated rings. The van der Waals surface area contributed by atoms with E-state index in [4.69, 9.17) is 0 Å². The Balaban J connectivity index is 1.63. The van der Waals surface area contributed by atoms with Gasteiger partial charge in [0.2, 0.25) is 11.7 Å². The maximum Gasteiger partial charge on any atom is 0.490 e. The smallest absolute Gasteiger partial charge is 0.440 e. The maximum absolute atomic E-state index is 12.9. The summed E-state index contributed by atoms with van der Waals surface area (Å²) in [7, 11) is 0. The molecule has 1 saturated heterocycles. The van der Waals surface area contributed by atoms with Crippen LogP contribution in [-0.4, -0.2) is 57.0 Å². The first-order valence-electron chi connectivity index (χ1n) is 8.26. The first-order chi connectivity index (χ1) is 13.0. The van der Waals surface area contributed by atoms with Gasteiger partial charge in [-0.3, -0.25) is 10.1 Å².